The summed E-state index contributed by atoms with van der Waals surface area (Å²) in [4.78, 5) is 3.44. The summed E-state index contributed by atoms with van der Waals surface area (Å²) in [7, 11) is 0. The molecule has 0 radical (unpaired) electrons. The number of nitrogens with zero attached hydrogens (tertiary/aromatic N) is 1. The van der Waals surface area contributed by atoms with Crippen LogP contribution in [0.25, 0.3) is 0 Å². The van der Waals surface area contributed by atoms with Gasteiger partial charge in [-0.1, -0.05) is 30.3 Å². The first kappa shape index (κ1) is 13.2. The van der Waals surface area contributed by atoms with Crippen molar-refractivity contribution in [3.8, 4) is 0 Å². The van der Waals surface area contributed by atoms with Crippen molar-refractivity contribution < 1.29 is 13.5 Å². The third kappa shape index (κ3) is 2.70. The Morgan fingerprint density at radius 3 is 2.65 bits per heavy atom. The van der Waals surface area contributed by atoms with Crippen molar-refractivity contribution in [1.82, 2.24) is 4.98 Å². The van der Waals surface area contributed by atoms with E-state index in [0.717, 1.165) is 11.6 Å². The standard InChI is InChI=1S/C16H15F2NO/c17-15-8-13(6-7-19-15)16(18)9-14(10-16)20-11-12-4-2-1-3-5-12/h1-8,14H,9-11H2. The van der Waals surface area contributed by atoms with Gasteiger partial charge in [-0.25, -0.2) is 9.37 Å². The van der Waals surface area contributed by atoms with Crippen molar-refractivity contribution >= 4 is 0 Å². The summed E-state index contributed by atoms with van der Waals surface area (Å²) in [5.41, 5.74) is -0.0612. The Bertz CT molecular complexity index is 582. The molecule has 1 fully saturated rings. The van der Waals surface area contributed by atoms with Gasteiger partial charge in [-0.05, 0) is 23.3 Å². The van der Waals surface area contributed by atoms with Gasteiger partial charge in [0.2, 0.25) is 5.95 Å². The van der Waals surface area contributed by atoms with E-state index < -0.39 is 11.6 Å². The Hall–Kier alpha value is -1.81. The van der Waals surface area contributed by atoms with Crippen molar-refractivity contribution in [2.24, 2.45) is 0 Å². The van der Waals surface area contributed by atoms with E-state index in [1.54, 1.807) is 0 Å². The second-order valence-corrected chi connectivity index (χ2v) is 5.16. The van der Waals surface area contributed by atoms with Gasteiger partial charge in [0.15, 0.2) is 0 Å². The number of hydrogen-bond donors (Lipinski definition) is 0. The number of ether oxygens (including phenoxy) is 1. The molecule has 0 spiro atoms. The van der Waals surface area contributed by atoms with E-state index in [2.05, 4.69) is 4.98 Å². The summed E-state index contributed by atoms with van der Waals surface area (Å²) in [6, 6.07) is 12.5. The maximum atomic E-state index is 14.5. The maximum absolute atomic E-state index is 14.5. The summed E-state index contributed by atoms with van der Waals surface area (Å²) in [5.74, 6) is -0.645. The third-order valence-electron chi connectivity index (χ3n) is 3.67. The topological polar surface area (TPSA) is 22.1 Å². The van der Waals surface area contributed by atoms with E-state index in [-0.39, 0.29) is 18.9 Å². The predicted octanol–water partition coefficient (Wildman–Crippen LogP) is 3.76. The van der Waals surface area contributed by atoms with Crippen LogP contribution in [0.4, 0.5) is 8.78 Å². The highest BCUT2D eigenvalue weighted by Gasteiger charge is 2.47. The molecule has 0 N–H and O–H groups in total. The van der Waals surface area contributed by atoms with Crippen LogP contribution >= 0.6 is 0 Å². The van der Waals surface area contributed by atoms with Crippen molar-refractivity contribution in [3.63, 3.8) is 0 Å². The third-order valence-corrected chi connectivity index (χ3v) is 3.67. The molecule has 2 aromatic rings. The van der Waals surface area contributed by atoms with Crippen LogP contribution in [0.2, 0.25) is 0 Å². The molecule has 0 amide bonds. The van der Waals surface area contributed by atoms with Crippen LogP contribution in [0.5, 0.6) is 0 Å². The van der Waals surface area contributed by atoms with Crippen molar-refractivity contribution in [2.45, 2.75) is 31.2 Å². The summed E-state index contributed by atoms with van der Waals surface area (Å²) in [5, 5.41) is 0. The Morgan fingerprint density at radius 1 is 1.20 bits per heavy atom. The Morgan fingerprint density at radius 2 is 1.95 bits per heavy atom. The van der Waals surface area contributed by atoms with Crippen LogP contribution in [0, 0.1) is 5.95 Å². The average molecular weight is 275 g/mol. The minimum atomic E-state index is -1.48. The Kier molecular flexibility index (Phi) is 3.49. The molecule has 0 bridgehead atoms. The molecule has 1 aliphatic carbocycles. The van der Waals surface area contributed by atoms with Gasteiger partial charge in [0, 0.05) is 19.0 Å². The van der Waals surface area contributed by atoms with Gasteiger partial charge in [0.05, 0.1) is 12.7 Å². The van der Waals surface area contributed by atoms with Crippen LogP contribution < -0.4 is 0 Å². The molecule has 3 rings (SSSR count). The predicted molar refractivity (Wildman–Crippen MR) is 71.2 cm³/mol. The molecule has 104 valence electrons. The number of aromatic nitrogens is 1. The number of halogens is 2. The van der Waals surface area contributed by atoms with E-state index >= 15 is 0 Å². The molecule has 1 aromatic carbocycles. The van der Waals surface area contributed by atoms with Crippen LogP contribution in [0.1, 0.15) is 24.0 Å². The molecule has 0 unspecified atom stereocenters. The minimum Gasteiger partial charge on any atom is -0.373 e. The zero-order valence-electron chi connectivity index (χ0n) is 10.9. The lowest BCUT2D eigenvalue weighted by atomic mass is 9.74. The zero-order chi connectivity index (χ0) is 14.0. The molecule has 1 saturated carbocycles. The Labute approximate surface area is 116 Å². The molecule has 2 nitrogen and oxygen atoms in total. The molecule has 4 heteroatoms. The van der Waals surface area contributed by atoms with Gasteiger partial charge in [-0.3, -0.25) is 0 Å². The van der Waals surface area contributed by atoms with E-state index in [0.29, 0.717) is 12.2 Å². The minimum absolute atomic E-state index is 0.114. The van der Waals surface area contributed by atoms with E-state index in [4.69, 9.17) is 4.74 Å². The lowest BCUT2D eigenvalue weighted by Crippen LogP contribution is -2.42. The first-order valence-electron chi connectivity index (χ1n) is 6.62. The maximum Gasteiger partial charge on any atom is 0.213 e. The SMILES string of the molecule is Fc1cc(C2(F)CC(OCc3ccccc3)C2)ccn1. The highest BCUT2D eigenvalue weighted by Crippen LogP contribution is 2.46. The average Bonchev–Trinajstić information content (AvgIpc) is 2.43. The molecule has 1 aliphatic rings. The van der Waals surface area contributed by atoms with Crippen molar-refractivity contribution in [2.75, 3.05) is 0 Å². The molecule has 0 aliphatic heterocycles. The van der Waals surface area contributed by atoms with Gasteiger partial charge in [-0.15, -0.1) is 0 Å². The van der Waals surface area contributed by atoms with Gasteiger partial charge >= 0.3 is 0 Å². The lowest BCUT2D eigenvalue weighted by molar-refractivity contribution is -0.107. The molecule has 1 aromatic heterocycles. The second kappa shape index (κ2) is 5.29. The zero-order valence-corrected chi connectivity index (χ0v) is 10.9. The van der Waals surface area contributed by atoms with Crippen molar-refractivity contribution in [3.05, 3.63) is 65.7 Å². The second-order valence-electron chi connectivity index (χ2n) is 5.16. The van der Waals surface area contributed by atoms with Gasteiger partial charge < -0.3 is 4.74 Å². The molecule has 0 saturated heterocycles. The Balaban J connectivity index is 1.55. The molecule has 20 heavy (non-hydrogen) atoms. The normalized spacial score (nSPS) is 25.2. The summed E-state index contributed by atoms with van der Waals surface area (Å²) in [6.45, 7) is 0.478. The van der Waals surface area contributed by atoms with Crippen LogP contribution in [-0.2, 0) is 17.0 Å². The van der Waals surface area contributed by atoms with Gasteiger partial charge in [-0.2, -0.15) is 4.39 Å². The number of alkyl halides is 1. The fourth-order valence-corrected chi connectivity index (χ4v) is 2.48. The fraction of sp³-hybridized carbons (Fsp3) is 0.312. The van der Waals surface area contributed by atoms with E-state index in [1.165, 1.54) is 12.3 Å². The number of benzene rings is 1. The largest absolute Gasteiger partial charge is 0.373 e. The molecule has 0 atom stereocenters. The smallest absolute Gasteiger partial charge is 0.213 e. The van der Waals surface area contributed by atoms with Crippen LogP contribution in [0.3, 0.4) is 0 Å². The monoisotopic (exact) mass is 275 g/mol. The first-order chi connectivity index (χ1) is 9.66. The highest BCUT2D eigenvalue weighted by atomic mass is 19.1. The fourth-order valence-electron chi connectivity index (χ4n) is 2.48. The molecule has 1 heterocycles. The summed E-state index contributed by atoms with van der Waals surface area (Å²) < 4.78 is 33.2. The quantitative estimate of drug-likeness (QED) is 0.792. The highest BCUT2D eigenvalue weighted by molar-refractivity contribution is 5.24. The van der Waals surface area contributed by atoms with E-state index in [9.17, 15) is 8.78 Å². The first-order valence-corrected chi connectivity index (χ1v) is 6.62. The van der Waals surface area contributed by atoms with Gasteiger partial charge in [0.1, 0.15) is 5.67 Å². The molecular formula is C16H15F2NO. The summed E-state index contributed by atoms with van der Waals surface area (Å²) >= 11 is 0. The number of hydrogen-bond acceptors (Lipinski definition) is 2. The molecular weight excluding hydrogens is 260 g/mol. The van der Waals surface area contributed by atoms with Crippen LogP contribution in [-0.4, -0.2) is 11.1 Å². The lowest BCUT2D eigenvalue weighted by Gasteiger charge is -2.41. The van der Waals surface area contributed by atoms with Crippen molar-refractivity contribution in [1.29, 1.82) is 0 Å². The van der Waals surface area contributed by atoms with Gasteiger partial charge in [0.25, 0.3) is 0 Å². The van der Waals surface area contributed by atoms with Crippen LogP contribution in [0.15, 0.2) is 48.7 Å². The summed E-state index contributed by atoms with van der Waals surface area (Å²) in [6.07, 6.45) is 1.72. The van der Waals surface area contributed by atoms with E-state index in [1.807, 2.05) is 30.3 Å². The number of rotatable bonds is 4. The number of pyridine rings is 1.